The van der Waals surface area contributed by atoms with Gasteiger partial charge in [-0.2, -0.15) is 5.26 Å². The number of benzene rings is 2. The summed E-state index contributed by atoms with van der Waals surface area (Å²) in [5.41, 5.74) is 1.27. The number of nitrogens with zero attached hydrogens (tertiary/aromatic N) is 1. The molecule has 1 amide bonds. The van der Waals surface area contributed by atoms with Gasteiger partial charge in [-0.05, 0) is 50.3 Å². The van der Waals surface area contributed by atoms with E-state index in [2.05, 4.69) is 5.32 Å². The molecule has 0 radical (unpaired) electrons. The zero-order valence-corrected chi connectivity index (χ0v) is 14.3. The van der Waals surface area contributed by atoms with Crippen molar-refractivity contribution in [1.82, 2.24) is 0 Å². The van der Waals surface area contributed by atoms with Crippen molar-refractivity contribution in [1.29, 1.82) is 5.26 Å². The molecule has 0 spiro atoms. The number of anilines is 1. The van der Waals surface area contributed by atoms with Crippen LogP contribution in [0, 0.1) is 11.3 Å². The van der Waals surface area contributed by atoms with Crippen molar-refractivity contribution in [2.45, 2.75) is 13.8 Å². The number of amides is 1. The van der Waals surface area contributed by atoms with Gasteiger partial charge in [-0.1, -0.05) is 18.2 Å². The summed E-state index contributed by atoms with van der Waals surface area (Å²) >= 11 is 0. The summed E-state index contributed by atoms with van der Waals surface area (Å²) in [5, 5.41) is 12.0. The highest BCUT2D eigenvalue weighted by molar-refractivity contribution is 6.09. The van der Waals surface area contributed by atoms with E-state index in [1.165, 1.54) is 6.08 Å². The number of para-hydroxylation sites is 1. The molecule has 0 aliphatic heterocycles. The van der Waals surface area contributed by atoms with E-state index < -0.39 is 5.91 Å². The molecule has 5 heteroatoms. The van der Waals surface area contributed by atoms with Crippen molar-refractivity contribution in [3.05, 3.63) is 59.7 Å². The maximum absolute atomic E-state index is 12.4. The molecule has 0 atom stereocenters. The van der Waals surface area contributed by atoms with Crippen LogP contribution in [-0.4, -0.2) is 19.1 Å². The smallest absolute Gasteiger partial charge is 0.266 e. The van der Waals surface area contributed by atoms with Crippen LogP contribution in [0.1, 0.15) is 19.4 Å². The molecule has 1 N–H and O–H groups in total. The highest BCUT2D eigenvalue weighted by Crippen LogP contribution is 2.22. The fourth-order valence-electron chi connectivity index (χ4n) is 2.19. The van der Waals surface area contributed by atoms with Crippen LogP contribution in [0.25, 0.3) is 6.08 Å². The zero-order valence-electron chi connectivity index (χ0n) is 14.3. The lowest BCUT2D eigenvalue weighted by Gasteiger charge is -2.08. The van der Waals surface area contributed by atoms with E-state index in [0.29, 0.717) is 30.2 Å². The van der Waals surface area contributed by atoms with Crippen molar-refractivity contribution >= 4 is 17.7 Å². The van der Waals surface area contributed by atoms with E-state index in [1.807, 2.05) is 32.0 Å². The van der Waals surface area contributed by atoms with Gasteiger partial charge in [-0.15, -0.1) is 0 Å². The SMILES string of the molecule is CCOc1ccc(NC(=O)/C(C#N)=C/c2ccccc2OCC)cc1. The van der Waals surface area contributed by atoms with Gasteiger partial charge in [0, 0.05) is 11.3 Å². The Morgan fingerprint density at radius 1 is 1.08 bits per heavy atom. The van der Waals surface area contributed by atoms with Crippen molar-refractivity contribution in [2.75, 3.05) is 18.5 Å². The molecule has 2 aromatic carbocycles. The molecule has 128 valence electrons. The van der Waals surface area contributed by atoms with Crippen LogP contribution in [-0.2, 0) is 4.79 Å². The lowest BCUT2D eigenvalue weighted by atomic mass is 10.1. The first-order valence-electron chi connectivity index (χ1n) is 8.05. The Balaban J connectivity index is 2.17. The molecule has 0 unspecified atom stereocenters. The molecule has 5 nitrogen and oxygen atoms in total. The van der Waals surface area contributed by atoms with Crippen molar-refractivity contribution in [3.63, 3.8) is 0 Å². The lowest BCUT2D eigenvalue weighted by molar-refractivity contribution is -0.112. The zero-order chi connectivity index (χ0) is 18.1. The van der Waals surface area contributed by atoms with Gasteiger partial charge in [0.2, 0.25) is 0 Å². The molecule has 25 heavy (non-hydrogen) atoms. The van der Waals surface area contributed by atoms with Gasteiger partial charge < -0.3 is 14.8 Å². The summed E-state index contributed by atoms with van der Waals surface area (Å²) < 4.78 is 10.9. The second kappa shape index (κ2) is 9.14. The second-order valence-corrected chi connectivity index (χ2v) is 5.05. The minimum Gasteiger partial charge on any atom is -0.494 e. The number of hydrogen-bond acceptors (Lipinski definition) is 4. The minimum absolute atomic E-state index is 0.000961. The molecule has 0 saturated heterocycles. The van der Waals surface area contributed by atoms with Gasteiger partial charge in [0.1, 0.15) is 23.1 Å². The third-order valence-electron chi connectivity index (χ3n) is 3.31. The first kappa shape index (κ1) is 18.1. The first-order valence-corrected chi connectivity index (χ1v) is 8.05. The third-order valence-corrected chi connectivity index (χ3v) is 3.31. The van der Waals surface area contributed by atoms with E-state index in [1.54, 1.807) is 36.4 Å². The van der Waals surface area contributed by atoms with Gasteiger partial charge >= 0.3 is 0 Å². The third kappa shape index (κ3) is 5.11. The predicted molar refractivity (Wildman–Crippen MR) is 97.4 cm³/mol. The standard InChI is InChI=1S/C20H20N2O3/c1-3-24-18-11-9-17(10-12-18)22-20(23)16(14-21)13-15-7-5-6-8-19(15)25-4-2/h5-13H,3-4H2,1-2H3,(H,22,23)/b16-13+. The predicted octanol–water partition coefficient (Wildman–Crippen LogP) is 4.03. The Kier molecular flexibility index (Phi) is 6.61. The summed E-state index contributed by atoms with van der Waals surface area (Å²) in [6, 6.07) is 16.2. The van der Waals surface area contributed by atoms with Crippen LogP contribution >= 0.6 is 0 Å². The molecular weight excluding hydrogens is 316 g/mol. The average molecular weight is 336 g/mol. The van der Waals surface area contributed by atoms with Crippen molar-refractivity contribution < 1.29 is 14.3 Å². The molecule has 2 aromatic rings. The summed E-state index contributed by atoms with van der Waals surface area (Å²) in [4.78, 5) is 12.4. The number of carbonyl (C=O) groups excluding carboxylic acids is 1. The van der Waals surface area contributed by atoms with Crippen LogP contribution in [0.2, 0.25) is 0 Å². The van der Waals surface area contributed by atoms with E-state index >= 15 is 0 Å². The van der Waals surface area contributed by atoms with Crippen LogP contribution in [0.5, 0.6) is 11.5 Å². The number of ether oxygens (including phenoxy) is 2. The van der Waals surface area contributed by atoms with Crippen LogP contribution < -0.4 is 14.8 Å². The number of nitrogens with one attached hydrogen (secondary N) is 1. The minimum atomic E-state index is -0.474. The summed E-state index contributed by atoms with van der Waals surface area (Å²) in [7, 11) is 0. The van der Waals surface area contributed by atoms with Gasteiger partial charge in [-0.25, -0.2) is 0 Å². The topological polar surface area (TPSA) is 71.3 Å². The molecule has 0 saturated carbocycles. The Hall–Kier alpha value is -3.26. The average Bonchev–Trinajstić information content (AvgIpc) is 2.63. The summed E-state index contributed by atoms with van der Waals surface area (Å²) in [5.74, 6) is 0.881. The van der Waals surface area contributed by atoms with E-state index in [9.17, 15) is 10.1 Å². The van der Waals surface area contributed by atoms with Gasteiger partial charge in [0.15, 0.2) is 0 Å². The Morgan fingerprint density at radius 3 is 2.40 bits per heavy atom. The van der Waals surface area contributed by atoms with Crippen LogP contribution in [0.15, 0.2) is 54.1 Å². The van der Waals surface area contributed by atoms with Crippen LogP contribution in [0.4, 0.5) is 5.69 Å². The maximum Gasteiger partial charge on any atom is 0.266 e. The van der Waals surface area contributed by atoms with E-state index in [-0.39, 0.29) is 5.57 Å². The maximum atomic E-state index is 12.4. The van der Waals surface area contributed by atoms with E-state index in [4.69, 9.17) is 9.47 Å². The molecule has 0 aliphatic carbocycles. The summed E-state index contributed by atoms with van der Waals surface area (Å²) in [6.07, 6.45) is 1.52. The normalized spacial score (nSPS) is 10.7. The van der Waals surface area contributed by atoms with Crippen LogP contribution in [0.3, 0.4) is 0 Å². The van der Waals surface area contributed by atoms with E-state index in [0.717, 1.165) is 5.75 Å². The number of rotatable bonds is 7. The molecule has 0 aliphatic rings. The Bertz CT molecular complexity index is 789. The molecular formula is C20H20N2O3. The number of nitriles is 1. The van der Waals surface area contributed by atoms with Crippen molar-refractivity contribution in [2.24, 2.45) is 0 Å². The largest absolute Gasteiger partial charge is 0.494 e. The monoisotopic (exact) mass is 336 g/mol. The molecule has 0 fully saturated rings. The molecule has 0 heterocycles. The number of carbonyl (C=O) groups is 1. The summed E-state index contributed by atoms with van der Waals surface area (Å²) in [6.45, 7) is 4.86. The fraction of sp³-hybridized carbons (Fsp3) is 0.200. The van der Waals surface area contributed by atoms with Gasteiger partial charge in [0.25, 0.3) is 5.91 Å². The quantitative estimate of drug-likeness (QED) is 0.612. The second-order valence-electron chi connectivity index (χ2n) is 5.05. The van der Waals surface area contributed by atoms with Crippen molar-refractivity contribution in [3.8, 4) is 17.6 Å². The molecule has 2 rings (SSSR count). The lowest BCUT2D eigenvalue weighted by Crippen LogP contribution is -2.13. The highest BCUT2D eigenvalue weighted by Gasteiger charge is 2.11. The van der Waals surface area contributed by atoms with Gasteiger partial charge in [-0.3, -0.25) is 4.79 Å². The Labute approximate surface area is 147 Å². The molecule has 0 aromatic heterocycles. The first-order chi connectivity index (χ1) is 12.2. The van der Waals surface area contributed by atoms with Gasteiger partial charge in [0.05, 0.1) is 13.2 Å². The Morgan fingerprint density at radius 2 is 1.76 bits per heavy atom. The fourth-order valence-corrected chi connectivity index (χ4v) is 2.19. The molecule has 0 bridgehead atoms. The number of hydrogen-bond donors (Lipinski definition) is 1. The highest BCUT2D eigenvalue weighted by atomic mass is 16.5.